The standard InChI is InChI=1S/C23H26N4/c1-4-15(2)13-26-14-16(3)21-11-20(22(25)17-7-5-8-17)19-10-6-9-18(12-24)23(19)27-21/h6,9-11,13-15H,4-5,7-8,25H2,1-3H3/b16-14+,26-13?. The number of para-hydroxylation sites is 1. The molecule has 138 valence electrons. The van der Waals surface area contributed by atoms with E-state index in [1.165, 1.54) is 12.0 Å². The van der Waals surface area contributed by atoms with Crippen molar-refractivity contribution >= 4 is 28.4 Å². The lowest BCUT2D eigenvalue weighted by molar-refractivity contribution is 0.664. The maximum atomic E-state index is 9.52. The van der Waals surface area contributed by atoms with Crippen LogP contribution in [0.15, 0.2) is 41.0 Å². The topological polar surface area (TPSA) is 75.1 Å². The maximum absolute atomic E-state index is 9.52. The molecule has 0 saturated heterocycles. The summed E-state index contributed by atoms with van der Waals surface area (Å²) in [5.74, 6) is 0.443. The van der Waals surface area contributed by atoms with Crippen LogP contribution in [0.3, 0.4) is 0 Å². The molecule has 1 aromatic carbocycles. The fraction of sp³-hybridized carbons (Fsp3) is 0.348. The molecule has 0 radical (unpaired) electrons. The fourth-order valence-corrected chi connectivity index (χ4v) is 3.05. The highest BCUT2D eigenvalue weighted by molar-refractivity contribution is 5.96. The van der Waals surface area contributed by atoms with Gasteiger partial charge in [-0.3, -0.25) is 4.99 Å². The third kappa shape index (κ3) is 3.93. The van der Waals surface area contributed by atoms with Crippen LogP contribution in [0, 0.1) is 17.2 Å². The van der Waals surface area contributed by atoms with Gasteiger partial charge >= 0.3 is 0 Å². The number of benzene rings is 1. The summed E-state index contributed by atoms with van der Waals surface area (Å²) in [6.07, 6.45) is 8.15. The molecule has 0 amide bonds. The molecule has 4 nitrogen and oxygen atoms in total. The average molecular weight is 358 g/mol. The molecule has 4 heteroatoms. The van der Waals surface area contributed by atoms with Crippen molar-refractivity contribution in [1.82, 2.24) is 4.98 Å². The van der Waals surface area contributed by atoms with Gasteiger partial charge in [-0.25, -0.2) is 4.98 Å². The van der Waals surface area contributed by atoms with E-state index >= 15 is 0 Å². The molecule has 1 fully saturated rings. The Kier molecular flexibility index (Phi) is 5.71. The summed E-state index contributed by atoms with van der Waals surface area (Å²) in [5.41, 5.74) is 12.6. The monoisotopic (exact) mass is 358 g/mol. The molecule has 1 aromatic heterocycles. The van der Waals surface area contributed by atoms with E-state index in [2.05, 4.69) is 24.9 Å². The summed E-state index contributed by atoms with van der Waals surface area (Å²) >= 11 is 0. The lowest BCUT2D eigenvalue weighted by atomic mass is 9.87. The Bertz CT molecular complexity index is 983. The smallest absolute Gasteiger partial charge is 0.101 e. The van der Waals surface area contributed by atoms with Crippen LogP contribution in [0.5, 0.6) is 0 Å². The number of nitrogens with zero attached hydrogens (tertiary/aromatic N) is 3. The van der Waals surface area contributed by atoms with Crippen LogP contribution in [-0.2, 0) is 0 Å². The van der Waals surface area contributed by atoms with Crippen LogP contribution < -0.4 is 5.73 Å². The predicted octanol–water partition coefficient (Wildman–Crippen LogP) is 5.44. The predicted molar refractivity (Wildman–Crippen MR) is 113 cm³/mol. The van der Waals surface area contributed by atoms with Gasteiger partial charge in [-0.15, -0.1) is 0 Å². The molecular formula is C23H26N4. The third-order valence-corrected chi connectivity index (χ3v) is 5.24. The Morgan fingerprint density at radius 2 is 2.19 bits per heavy atom. The van der Waals surface area contributed by atoms with E-state index in [1.807, 2.05) is 37.5 Å². The largest absolute Gasteiger partial charge is 0.398 e. The molecule has 27 heavy (non-hydrogen) atoms. The maximum Gasteiger partial charge on any atom is 0.101 e. The molecule has 1 unspecified atom stereocenters. The molecule has 1 saturated carbocycles. The molecule has 0 aliphatic heterocycles. The van der Waals surface area contributed by atoms with Gasteiger partial charge in [0, 0.05) is 29.1 Å². The number of allylic oxidation sites excluding steroid dienone is 2. The van der Waals surface area contributed by atoms with Crippen molar-refractivity contribution < 1.29 is 0 Å². The van der Waals surface area contributed by atoms with E-state index in [0.717, 1.165) is 47.2 Å². The SMILES string of the molecule is CCC(C)C=N/C=C(\C)c1cc(C(N)=C2CCC2)c2cccc(C#N)c2n1. The number of aromatic nitrogens is 1. The molecule has 1 heterocycles. The van der Waals surface area contributed by atoms with Crippen molar-refractivity contribution in [3.05, 3.63) is 52.9 Å². The second kappa shape index (κ2) is 8.18. The number of nitrogens with two attached hydrogens (primary N) is 1. The van der Waals surface area contributed by atoms with Gasteiger partial charge in [0.2, 0.25) is 0 Å². The van der Waals surface area contributed by atoms with E-state index in [4.69, 9.17) is 10.7 Å². The molecule has 3 rings (SSSR count). The summed E-state index contributed by atoms with van der Waals surface area (Å²) in [5, 5.41) is 10.5. The molecule has 0 bridgehead atoms. The van der Waals surface area contributed by atoms with Crippen molar-refractivity contribution in [2.45, 2.75) is 46.5 Å². The van der Waals surface area contributed by atoms with Crippen LogP contribution >= 0.6 is 0 Å². The van der Waals surface area contributed by atoms with E-state index in [-0.39, 0.29) is 0 Å². The highest BCUT2D eigenvalue weighted by atomic mass is 14.7. The van der Waals surface area contributed by atoms with E-state index in [1.54, 1.807) is 6.07 Å². The van der Waals surface area contributed by atoms with Crippen LogP contribution in [-0.4, -0.2) is 11.2 Å². The molecule has 2 N–H and O–H groups in total. The Morgan fingerprint density at radius 3 is 2.81 bits per heavy atom. The zero-order valence-corrected chi connectivity index (χ0v) is 16.3. The van der Waals surface area contributed by atoms with Crippen molar-refractivity contribution in [2.75, 3.05) is 0 Å². The van der Waals surface area contributed by atoms with Crippen LogP contribution in [0.4, 0.5) is 0 Å². The molecule has 0 spiro atoms. The van der Waals surface area contributed by atoms with Gasteiger partial charge in [-0.05, 0) is 61.8 Å². The highest BCUT2D eigenvalue weighted by Crippen LogP contribution is 2.34. The number of hydrogen-bond donors (Lipinski definition) is 1. The van der Waals surface area contributed by atoms with Crippen LogP contribution in [0.25, 0.3) is 22.2 Å². The normalized spacial score (nSPS) is 15.6. The summed E-state index contributed by atoms with van der Waals surface area (Å²) in [7, 11) is 0. The molecule has 1 aliphatic carbocycles. The fourth-order valence-electron chi connectivity index (χ4n) is 3.05. The van der Waals surface area contributed by atoms with E-state index < -0.39 is 0 Å². The number of hydrogen-bond acceptors (Lipinski definition) is 4. The number of pyridine rings is 1. The van der Waals surface area contributed by atoms with Gasteiger partial charge < -0.3 is 5.73 Å². The highest BCUT2D eigenvalue weighted by Gasteiger charge is 2.18. The molecule has 1 aliphatic rings. The van der Waals surface area contributed by atoms with Gasteiger partial charge in [-0.2, -0.15) is 5.26 Å². The Morgan fingerprint density at radius 1 is 1.41 bits per heavy atom. The Labute approximate surface area is 161 Å². The number of fused-ring (bicyclic) bond motifs is 1. The first kappa shape index (κ1) is 18.8. The zero-order chi connectivity index (χ0) is 19.4. The minimum absolute atomic E-state index is 0.443. The zero-order valence-electron chi connectivity index (χ0n) is 16.3. The second-order valence-electron chi connectivity index (χ2n) is 7.24. The molecule has 1 atom stereocenters. The van der Waals surface area contributed by atoms with E-state index in [0.29, 0.717) is 17.0 Å². The van der Waals surface area contributed by atoms with Gasteiger partial charge in [-0.1, -0.05) is 26.0 Å². The van der Waals surface area contributed by atoms with Crippen molar-refractivity contribution in [2.24, 2.45) is 16.6 Å². The third-order valence-electron chi connectivity index (χ3n) is 5.24. The van der Waals surface area contributed by atoms with Crippen LogP contribution in [0.2, 0.25) is 0 Å². The first-order valence-electron chi connectivity index (χ1n) is 9.57. The lowest BCUT2D eigenvalue weighted by Crippen LogP contribution is -2.09. The Hall–Kier alpha value is -2.93. The molecule has 2 aromatic rings. The summed E-state index contributed by atoms with van der Waals surface area (Å²) in [6, 6.07) is 9.98. The first-order valence-corrected chi connectivity index (χ1v) is 9.57. The van der Waals surface area contributed by atoms with Gasteiger partial charge in [0.1, 0.15) is 6.07 Å². The minimum Gasteiger partial charge on any atom is -0.398 e. The second-order valence-corrected chi connectivity index (χ2v) is 7.24. The van der Waals surface area contributed by atoms with Crippen LogP contribution in [0.1, 0.15) is 63.3 Å². The Balaban J connectivity index is 2.15. The van der Waals surface area contributed by atoms with Gasteiger partial charge in [0.05, 0.1) is 16.8 Å². The summed E-state index contributed by atoms with van der Waals surface area (Å²) < 4.78 is 0. The van der Waals surface area contributed by atoms with Crippen molar-refractivity contribution in [1.29, 1.82) is 5.26 Å². The first-order chi connectivity index (χ1) is 13.0. The minimum atomic E-state index is 0.443. The summed E-state index contributed by atoms with van der Waals surface area (Å²) in [6.45, 7) is 6.28. The van der Waals surface area contributed by atoms with Gasteiger partial charge in [0.25, 0.3) is 0 Å². The number of nitriles is 1. The molecular weight excluding hydrogens is 332 g/mol. The number of rotatable bonds is 5. The summed E-state index contributed by atoms with van der Waals surface area (Å²) in [4.78, 5) is 9.21. The number of aliphatic imine (C=N–C) groups is 1. The van der Waals surface area contributed by atoms with Crippen molar-refractivity contribution in [3.63, 3.8) is 0 Å². The quantitative estimate of drug-likeness (QED) is 0.723. The van der Waals surface area contributed by atoms with Crippen molar-refractivity contribution in [3.8, 4) is 6.07 Å². The lowest BCUT2D eigenvalue weighted by Gasteiger charge is -2.21. The van der Waals surface area contributed by atoms with Gasteiger partial charge in [0.15, 0.2) is 0 Å². The average Bonchev–Trinajstić information content (AvgIpc) is 2.64. The van der Waals surface area contributed by atoms with E-state index in [9.17, 15) is 5.26 Å².